The van der Waals surface area contributed by atoms with Gasteiger partial charge in [-0.25, -0.2) is 17.6 Å². The van der Waals surface area contributed by atoms with Crippen LogP contribution >= 0.6 is 11.8 Å². The number of rotatable bonds is 3. The van der Waals surface area contributed by atoms with Gasteiger partial charge in [-0.15, -0.1) is 18.3 Å². The third kappa shape index (κ3) is 2.17. The molecular weight excluding hydrogens is 228 g/mol. The van der Waals surface area contributed by atoms with Crippen molar-refractivity contribution in [2.75, 3.05) is 5.75 Å². The van der Waals surface area contributed by atoms with E-state index >= 15 is 0 Å². The molecule has 0 atom stereocenters. The standard InChI is InChI=1S/C10H8F4S/c1-3-4-15-10-5(2)6(11)7(12)8(13)9(10)14/h3H,1,4H2,2H3. The van der Waals surface area contributed by atoms with E-state index in [1.165, 1.54) is 13.0 Å². The second-order valence-electron chi connectivity index (χ2n) is 2.81. The van der Waals surface area contributed by atoms with Gasteiger partial charge in [-0.05, 0) is 6.92 Å². The van der Waals surface area contributed by atoms with Gasteiger partial charge in [0.25, 0.3) is 0 Å². The number of hydrogen-bond donors (Lipinski definition) is 0. The van der Waals surface area contributed by atoms with Crippen LogP contribution in [-0.4, -0.2) is 5.75 Å². The summed E-state index contributed by atoms with van der Waals surface area (Å²) < 4.78 is 51.8. The minimum absolute atomic E-state index is 0.216. The lowest BCUT2D eigenvalue weighted by Crippen LogP contribution is -2.02. The van der Waals surface area contributed by atoms with E-state index in [4.69, 9.17) is 0 Å². The lowest BCUT2D eigenvalue weighted by molar-refractivity contribution is 0.394. The molecule has 0 fully saturated rings. The zero-order chi connectivity index (χ0) is 11.6. The molecule has 0 unspecified atom stereocenters. The fourth-order valence-corrected chi connectivity index (χ4v) is 1.84. The number of halogens is 4. The van der Waals surface area contributed by atoms with Crippen molar-refractivity contribution in [1.29, 1.82) is 0 Å². The summed E-state index contributed by atoms with van der Waals surface area (Å²) in [4.78, 5) is -0.216. The van der Waals surface area contributed by atoms with Gasteiger partial charge in [0.1, 0.15) is 0 Å². The SMILES string of the molecule is C=CCSc1c(C)c(F)c(F)c(F)c1F. The molecule has 0 aliphatic rings. The van der Waals surface area contributed by atoms with Gasteiger partial charge in [-0.2, -0.15) is 0 Å². The van der Waals surface area contributed by atoms with E-state index < -0.39 is 23.3 Å². The molecule has 0 N–H and O–H groups in total. The van der Waals surface area contributed by atoms with Crippen LogP contribution < -0.4 is 0 Å². The van der Waals surface area contributed by atoms with Gasteiger partial charge in [-0.1, -0.05) is 6.08 Å². The van der Waals surface area contributed by atoms with E-state index in [1.54, 1.807) is 0 Å². The topological polar surface area (TPSA) is 0 Å². The first-order valence-corrected chi connectivity index (χ1v) is 5.05. The van der Waals surface area contributed by atoms with Crippen LogP contribution in [0.15, 0.2) is 17.6 Å². The summed E-state index contributed by atoms with van der Waals surface area (Å²) in [6, 6.07) is 0. The Labute approximate surface area is 89.0 Å². The zero-order valence-electron chi connectivity index (χ0n) is 7.91. The Morgan fingerprint density at radius 3 is 2.13 bits per heavy atom. The molecule has 0 aromatic heterocycles. The molecule has 1 rings (SSSR count). The lowest BCUT2D eigenvalue weighted by Gasteiger charge is -2.08. The molecule has 0 heterocycles. The summed E-state index contributed by atoms with van der Waals surface area (Å²) >= 11 is 0.871. The average Bonchev–Trinajstić information content (AvgIpc) is 2.24. The third-order valence-electron chi connectivity index (χ3n) is 1.79. The number of hydrogen-bond acceptors (Lipinski definition) is 1. The van der Waals surface area contributed by atoms with Crippen LogP contribution in [0.3, 0.4) is 0 Å². The Kier molecular flexibility index (Phi) is 3.79. The van der Waals surface area contributed by atoms with Crippen molar-refractivity contribution in [2.24, 2.45) is 0 Å². The molecule has 0 aliphatic carbocycles. The van der Waals surface area contributed by atoms with Gasteiger partial charge in [-0.3, -0.25) is 0 Å². The second-order valence-corrected chi connectivity index (χ2v) is 3.84. The minimum Gasteiger partial charge on any atom is -0.203 e. The monoisotopic (exact) mass is 236 g/mol. The Bertz CT molecular complexity index is 372. The molecule has 0 saturated carbocycles. The van der Waals surface area contributed by atoms with Crippen molar-refractivity contribution < 1.29 is 17.6 Å². The molecule has 0 amide bonds. The van der Waals surface area contributed by atoms with E-state index in [2.05, 4.69) is 6.58 Å². The third-order valence-corrected chi connectivity index (χ3v) is 2.97. The second kappa shape index (κ2) is 4.70. The van der Waals surface area contributed by atoms with E-state index in [9.17, 15) is 17.6 Å². The Morgan fingerprint density at radius 1 is 1.07 bits per heavy atom. The predicted octanol–water partition coefficient (Wildman–Crippen LogP) is 3.83. The van der Waals surface area contributed by atoms with Crippen LogP contribution in [0.25, 0.3) is 0 Å². The molecule has 1 aromatic carbocycles. The van der Waals surface area contributed by atoms with Crippen LogP contribution in [0, 0.1) is 30.2 Å². The van der Waals surface area contributed by atoms with Gasteiger partial charge in [0, 0.05) is 11.3 Å². The highest BCUT2D eigenvalue weighted by atomic mass is 32.2. The number of thioether (sulfide) groups is 1. The maximum atomic E-state index is 13.2. The first-order valence-electron chi connectivity index (χ1n) is 4.07. The summed E-state index contributed by atoms with van der Waals surface area (Å²) in [6.45, 7) is 4.59. The fraction of sp³-hybridized carbons (Fsp3) is 0.200. The average molecular weight is 236 g/mol. The van der Waals surface area contributed by atoms with Crippen LogP contribution in [0.2, 0.25) is 0 Å². The molecule has 82 valence electrons. The summed E-state index contributed by atoms with van der Waals surface area (Å²) in [7, 11) is 0. The van der Waals surface area contributed by atoms with E-state index in [1.807, 2.05) is 0 Å². The lowest BCUT2D eigenvalue weighted by atomic mass is 10.2. The molecule has 5 heteroatoms. The van der Waals surface area contributed by atoms with Gasteiger partial charge in [0.15, 0.2) is 23.3 Å². The van der Waals surface area contributed by atoms with Crippen molar-refractivity contribution in [2.45, 2.75) is 11.8 Å². The van der Waals surface area contributed by atoms with Crippen LogP contribution in [0.1, 0.15) is 5.56 Å². The van der Waals surface area contributed by atoms with Crippen LogP contribution in [0.5, 0.6) is 0 Å². The van der Waals surface area contributed by atoms with E-state index in [-0.39, 0.29) is 10.5 Å². The highest BCUT2D eigenvalue weighted by Crippen LogP contribution is 2.31. The Balaban J connectivity index is 3.31. The normalized spacial score (nSPS) is 10.5. The summed E-state index contributed by atoms with van der Waals surface area (Å²) in [6.07, 6.45) is 1.46. The highest BCUT2D eigenvalue weighted by molar-refractivity contribution is 7.99. The summed E-state index contributed by atoms with van der Waals surface area (Å²) in [5.74, 6) is -5.95. The van der Waals surface area contributed by atoms with Gasteiger partial charge in [0.05, 0.1) is 4.90 Å². The molecule has 1 aromatic rings. The first-order chi connectivity index (χ1) is 7.00. The van der Waals surface area contributed by atoms with Gasteiger partial charge < -0.3 is 0 Å². The molecule has 0 saturated heterocycles. The predicted molar refractivity (Wildman–Crippen MR) is 51.9 cm³/mol. The van der Waals surface area contributed by atoms with Crippen LogP contribution in [0.4, 0.5) is 17.6 Å². The molecule has 15 heavy (non-hydrogen) atoms. The maximum absolute atomic E-state index is 13.2. The first kappa shape index (κ1) is 12.1. The molecule has 0 bridgehead atoms. The summed E-state index contributed by atoms with van der Waals surface area (Å²) in [5.41, 5.74) is -0.224. The smallest absolute Gasteiger partial charge is 0.198 e. The van der Waals surface area contributed by atoms with E-state index in [0.29, 0.717) is 5.75 Å². The van der Waals surface area contributed by atoms with Crippen molar-refractivity contribution >= 4 is 11.8 Å². The van der Waals surface area contributed by atoms with Crippen molar-refractivity contribution in [3.63, 3.8) is 0 Å². The number of benzene rings is 1. The van der Waals surface area contributed by atoms with Gasteiger partial charge in [0.2, 0.25) is 0 Å². The maximum Gasteiger partial charge on any atom is 0.198 e. The fourth-order valence-electron chi connectivity index (χ4n) is 1.04. The summed E-state index contributed by atoms with van der Waals surface area (Å²) in [5, 5.41) is 0. The molecule has 0 radical (unpaired) electrons. The van der Waals surface area contributed by atoms with Gasteiger partial charge >= 0.3 is 0 Å². The molecule has 0 aliphatic heterocycles. The zero-order valence-corrected chi connectivity index (χ0v) is 8.73. The van der Waals surface area contributed by atoms with Crippen molar-refractivity contribution in [3.8, 4) is 0 Å². The minimum atomic E-state index is -1.77. The molecular formula is C10H8F4S. The molecule has 0 spiro atoms. The largest absolute Gasteiger partial charge is 0.203 e. The van der Waals surface area contributed by atoms with E-state index in [0.717, 1.165) is 11.8 Å². The quantitative estimate of drug-likeness (QED) is 0.253. The molecule has 0 nitrogen and oxygen atoms in total. The highest BCUT2D eigenvalue weighted by Gasteiger charge is 2.22. The van der Waals surface area contributed by atoms with Crippen LogP contribution in [-0.2, 0) is 0 Å². The van der Waals surface area contributed by atoms with Crippen molar-refractivity contribution in [3.05, 3.63) is 41.5 Å². The van der Waals surface area contributed by atoms with Crippen molar-refractivity contribution in [1.82, 2.24) is 0 Å². The Hall–Kier alpha value is -0.970. The Morgan fingerprint density at radius 2 is 1.60 bits per heavy atom.